The molecule has 0 bridgehead atoms. The topological polar surface area (TPSA) is 30.9 Å². The van der Waals surface area contributed by atoms with Crippen LogP contribution in [0.4, 0.5) is 0 Å². The summed E-state index contributed by atoms with van der Waals surface area (Å²) in [5, 5.41) is 5.68. The van der Waals surface area contributed by atoms with Crippen molar-refractivity contribution in [1.29, 1.82) is 0 Å². The van der Waals surface area contributed by atoms with Crippen molar-refractivity contribution in [2.75, 3.05) is 45.8 Å². The first-order valence-corrected chi connectivity index (χ1v) is 10.9. The van der Waals surface area contributed by atoms with Crippen LogP contribution in [-0.4, -0.2) is 61.6 Å². The van der Waals surface area contributed by atoms with Crippen molar-refractivity contribution >= 4 is 17.3 Å². The fourth-order valence-electron chi connectivity index (χ4n) is 4.01. The fraction of sp³-hybridized carbons (Fsp3) is 0.750. The number of hydrogen-bond acceptors (Lipinski definition) is 3. The third kappa shape index (κ3) is 5.71. The summed E-state index contributed by atoms with van der Waals surface area (Å²) in [6.45, 7) is 12.6. The van der Waals surface area contributed by atoms with E-state index in [1.54, 1.807) is 0 Å². The van der Waals surface area contributed by atoms with Crippen LogP contribution in [0.15, 0.2) is 22.5 Å². The molecule has 2 aliphatic rings. The van der Waals surface area contributed by atoms with Crippen molar-refractivity contribution < 1.29 is 0 Å². The van der Waals surface area contributed by atoms with Gasteiger partial charge in [-0.2, -0.15) is 0 Å². The molecule has 1 aromatic heterocycles. The zero-order chi connectivity index (χ0) is 17.5. The quantitative estimate of drug-likeness (QED) is 0.596. The van der Waals surface area contributed by atoms with Crippen LogP contribution >= 0.6 is 11.3 Å². The van der Waals surface area contributed by atoms with Gasteiger partial charge in [-0.15, -0.1) is 11.3 Å². The average Bonchev–Trinajstić information content (AvgIpc) is 3.34. The second kappa shape index (κ2) is 9.58. The van der Waals surface area contributed by atoms with Crippen molar-refractivity contribution in [3.8, 4) is 0 Å². The second-order valence-corrected chi connectivity index (χ2v) is 8.72. The Bertz CT molecular complexity index is 522. The van der Waals surface area contributed by atoms with E-state index in [9.17, 15) is 0 Å². The number of nitrogens with one attached hydrogen (secondary N) is 1. The lowest BCUT2D eigenvalue weighted by Gasteiger charge is -2.23. The van der Waals surface area contributed by atoms with Crippen LogP contribution in [-0.2, 0) is 6.42 Å². The lowest BCUT2D eigenvalue weighted by atomic mass is 10.1. The van der Waals surface area contributed by atoms with Crippen molar-refractivity contribution in [2.24, 2.45) is 16.8 Å². The molecule has 2 saturated heterocycles. The van der Waals surface area contributed by atoms with Crippen molar-refractivity contribution in [2.45, 2.75) is 39.5 Å². The van der Waals surface area contributed by atoms with E-state index in [4.69, 9.17) is 4.99 Å². The minimum Gasteiger partial charge on any atom is -0.357 e. The van der Waals surface area contributed by atoms with Gasteiger partial charge in [0.15, 0.2) is 5.96 Å². The van der Waals surface area contributed by atoms with Crippen molar-refractivity contribution in [3.05, 3.63) is 22.4 Å². The van der Waals surface area contributed by atoms with Gasteiger partial charge in [-0.25, -0.2) is 0 Å². The Labute approximate surface area is 157 Å². The summed E-state index contributed by atoms with van der Waals surface area (Å²) in [5.74, 6) is 2.53. The lowest BCUT2D eigenvalue weighted by Crippen LogP contribution is -2.41. The lowest BCUT2D eigenvalue weighted by molar-refractivity contribution is 0.281. The molecule has 1 N–H and O–H groups in total. The van der Waals surface area contributed by atoms with E-state index in [1.807, 2.05) is 11.3 Å². The molecule has 0 radical (unpaired) electrons. The summed E-state index contributed by atoms with van der Waals surface area (Å²) < 4.78 is 0. The van der Waals surface area contributed by atoms with E-state index >= 15 is 0 Å². The molecule has 5 heteroatoms. The van der Waals surface area contributed by atoms with Crippen LogP contribution in [0, 0.1) is 11.8 Å². The molecule has 0 aliphatic carbocycles. The monoisotopic (exact) mass is 362 g/mol. The standard InChI is InChI=1S/C20H34N4S/c1-3-21-20(22-14-17(2)13-19-7-6-12-25-19)24-11-8-18(16-24)15-23-9-4-5-10-23/h6-7,12,17-18H,3-5,8-11,13-16H2,1-2H3,(H,21,22). The van der Waals surface area contributed by atoms with E-state index in [2.05, 4.69) is 46.5 Å². The Hall–Kier alpha value is -1.07. The van der Waals surface area contributed by atoms with Gasteiger partial charge in [0.2, 0.25) is 0 Å². The van der Waals surface area contributed by atoms with Crippen LogP contribution < -0.4 is 5.32 Å². The Morgan fingerprint density at radius 2 is 2.20 bits per heavy atom. The fourth-order valence-corrected chi connectivity index (χ4v) is 4.88. The maximum Gasteiger partial charge on any atom is 0.193 e. The second-order valence-electron chi connectivity index (χ2n) is 7.69. The summed E-state index contributed by atoms with van der Waals surface area (Å²) in [6, 6.07) is 4.38. The number of hydrogen-bond donors (Lipinski definition) is 1. The highest BCUT2D eigenvalue weighted by Gasteiger charge is 2.27. The number of nitrogens with zero attached hydrogens (tertiary/aromatic N) is 3. The van der Waals surface area contributed by atoms with Crippen LogP contribution in [0.2, 0.25) is 0 Å². The van der Waals surface area contributed by atoms with Crippen LogP contribution in [0.25, 0.3) is 0 Å². The number of guanidine groups is 1. The first-order chi connectivity index (χ1) is 12.2. The van der Waals surface area contributed by atoms with E-state index in [0.717, 1.165) is 37.9 Å². The molecule has 2 aliphatic heterocycles. The van der Waals surface area contributed by atoms with Gasteiger partial charge in [0, 0.05) is 37.6 Å². The highest BCUT2D eigenvalue weighted by Crippen LogP contribution is 2.20. The highest BCUT2D eigenvalue weighted by molar-refractivity contribution is 7.09. The van der Waals surface area contributed by atoms with Crippen LogP contribution in [0.3, 0.4) is 0 Å². The largest absolute Gasteiger partial charge is 0.357 e. The zero-order valence-corrected chi connectivity index (χ0v) is 16.7. The Balaban J connectivity index is 1.49. The van der Waals surface area contributed by atoms with Gasteiger partial charge >= 0.3 is 0 Å². The Morgan fingerprint density at radius 1 is 1.36 bits per heavy atom. The minimum absolute atomic E-state index is 0.593. The normalized spacial score (nSPS) is 23.4. The maximum absolute atomic E-state index is 4.96. The molecule has 2 fully saturated rings. The van der Waals surface area contributed by atoms with E-state index < -0.39 is 0 Å². The number of rotatable bonds is 7. The smallest absolute Gasteiger partial charge is 0.193 e. The molecule has 3 heterocycles. The molecule has 1 aromatic rings. The van der Waals surface area contributed by atoms with Gasteiger partial charge < -0.3 is 15.1 Å². The van der Waals surface area contributed by atoms with Gasteiger partial charge in [0.05, 0.1) is 0 Å². The van der Waals surface area contributed by atoms with Gasteiger partial charge in [-0.1, -0.05) is 13.0 Å². The molecule has 2 atom stereocenters. The first-order valence-electron chi connectivity index (χ1n) is 10.0. The predicted octanol–water partition coefficient (Wildman–Crippen LogP) is 3.31. The molecule has 4 nitrogen and oxygen atoms in total. The van der Waals surface area contributed by atoms with Gasteiger partial charge in [-0.3, -0.25) is 4.99 Å². The molecule has 3 rings (SSSR count). The van der Waals surface area contributed by atoms with Crippen LogP contribution in [0.5, 0.6) is 0 Å². The molecule has 25 heavy (non-hydrogen) atoms. The predicted molar refractivity (Wildman–Crippen MR) is 109 cm³/mol. The number of thiophene rings is 1. The van der Waals surface area contributed by atoms with Crippen molar-refractivity contribution in [1.82, 2.24) is 15.1 Å². The molecule has 0 saturated carbocycles. The number of likely N-dealkylation sites (tertiary alicyclic amines) is 2. The van der Waals surface area contributed by atoms with Gasteiger partial charge in [0.25, 0.3) is 0 Å². The third-order valence-corrected chi connectivity index (χ3v) is 6.22. The molecule has 0 aromatic carbocycles. The van der Waals surface area contributed by atoms with E-state index in [-0.39, 0.29) is 0 Å². The first kappa shape index (κ1) is 18.7. The Morgan fingerprint density at radius 3 is 2.92 bits per heavy atom. The Kier molecular flexibility index (Phi) is 7.17. The van der Waals surface area contributed by atoms with Crippen molar-refractivity contribution in [3.63, 3.8) is 0 Å². The highest BCUT2D eigenvalue weighted by atomic mass is 32.1. The van der Waals surface area contributed by atoms with E-state index in [1.165, 1.54) is 50.3 Å². The summed E-state index contributed by atoms with van der Waals surface area (Å²) in [6.07, 6.45) is 5.23. The molecular formula is C20H34N4S. The summed E-state index contributed by atoms with van der Waals surface area (Å²) >= 11 is 1.86. The maximum atomic E-state index is 4.96. The SMILES string of the molecule is CCNC(=NCC(C)Cc1cccs1)N1CCC(CN2CCCC2)C1. The van der Waals surface area contributed by atoms with Gasteiger partial charge in [0.1, 0.15) is 0 Å². The molecule has 0 spiro atoms. The summed E-state index contributed by atoms with van der Waals surface area (Å²) in [7, 11) is 0. The minimum atomic E-state index is 0.593. The zero-order valence-electron chi connectivity index (χ0n) is 15.9. The molecular weight excluding hydrogens is 328 g/mol. The van der Waals surface area contributed by atoms with E-state index in [0.29, 0.717) is 5.92 Å². The summed E-state index contributed by atoms with van der Waals surface area (Å²) in [5.41, 5.74) is 0. The average molecular weight is 363 g/mol. The number of aliphatic imine (C=N–C) groups is 1. The van der Waals surface area contributed by atoms with Crippen LogP contribution in [0.1, 0.15) is 38.0 Å². The molecule has 140 valence electrons. The molecule has 2 unspecified atom stereocenters. The summed E-state index contributed by atoms with van der Waals surface area (Å²) in [4.78, 5) is 11.6. The van der Waals surface area contributed by atoms with Gasteiger partial charge in [-0.05, 0) is 69.0 Å². The molecule has 0 amide bonds. The third-order valence-electron chi connectivity index (χ3n) is 5.32.